The SMILES string of the molecule is Cc1ccc(Br)c(NC(=O)C2CCCCO2)c1. The molecule has 1 N–H and O–H groups in total. The van der Waals surface area contributed by atoms with Gasteiger partial charge in [0.1, 0.15) is 6.10 Å². The van der Waals surface area contributed by atoms with Crippen LogP contribution in [0.3, 0.4) is 0 Å². The number of ether oxygens (including phenoxy) is 1. The summed E-state index contributed by atoms with van der Waals surface area (Å²) in [6.45, 7) is 2.69. The smallest absolute Gasteiger partial charge is 0.253 e. The molecule has 0 radical (unpaired) electrons. The molecule has 1 aromatic carbocycles. The van der Waals surface area contributed by atoms with Gasteiger partial charge in [-0.05, 0) is 59.8 Å². The number of benzene rings is 1. The molecule has 0 bridgehead atoms. The van der Waals surface area contributed by atoms with E-state index in [-0.39, 0.29) is 12.0 Å². The van der Waals surface area contributed by atoms with Crippen LogP contribution in [0.15, 0.2) is 22.7 Å². The highest BCUT2D eigenvalue weighted by molar-refractivity contribution is 9.10. The van der Waals surface area contributed by atoms with E-state index in [1.807, 2.05) is 25.1 Å². The molecule has 92 valence electrons. The third-order valence-corrected chi connectivity index (χ3v) is 3.54. The van der Waals surface area contributed by atoms with Crippen molar-refractivity contribution in [2.45, 2.75) is 32.3 Å². The number of anilines is 1. The average Bonchev–Trinajstić information content (AvgIpc) is 2.35. The monoisotopic (exact) mass is 297 g/mol. The van der Waals surface area contributed by atoms with Crippen LogP contribution in [0.2, 0.25) is 0 Å². The maximum Gasteiger partial charge on any atom is 0.253 e. The Morgan fingerprint density at radius 3 is 3.00 bits per heavy atom. The van der Waals surface area contributed by atoms with Crippen molar-refractivity contribution in [2.24, 2.45) is 0 Å². The standard InChI is InChI=1S/C13H16BrNO2/c1-9-5-6-10(14)11(8-9)15-13(16)12-4-2-3-7-17-12/h5-6,8,12H,2-4,7H2,1H3,(H,15,16). The predicted molar refractivity (Wildman–Crippen MR) is 71.1 cm³/mol. The summed E-state index contributed by atoms with van der Waals surface area (Å²) in [6.07, 6.45) is 2.64. The van der Waals surface area contributed by atoms with Crippen molar-refractivity contribution in [1.82, 2.24) is 0 Å². The van der Waals surface area contributed by atoms with E-state index in [9.17, 15) is 4.79 Å². The topological polar surface area (TPSA) is 38.3 Å². The predicted octanol–water partition coefficient (Wildman–Crippen LogP) is 3.27. The van der Waals surface area contributed by atoms with Gasteiger partial charge in [-0.2, -0.15) is 0 Å². The third kappa shape index (κ3) is 3.30. The lowest BCUT2D eigenvalue weighted by Gasteiger charge is -2.22. The van der Waals surface area contributed by atoms with Crippen molar-refractivity contribution in [1.29, 1.82) is 0 Å². The normalized spacial score (nSPS) is 20.0. The first-order chi connectivity index (χ1) is 8.16. The molecule has 1 unspecified atom stereocenters. The van der Waals surface area contributed by atoms with Gasteiger partial charge in [-0.15, -0.1) is 0 Å². The molecule has 1 fully saturated rings. The lowest BCUT2D eigenvalue weighted by atomic mass is 10.1. The number of halogens is 1. The average molecular weight is 298 g/mol. The molecule has 1 amide bonds. The highest BCUT2D eigenvalue weighted by atomic mass is 79.9. The van der Waals surface area contributed by atoms with Crippen molar-refractivity contribution >= 4 is 27.5 Å². The van der Waals surface area contributed by atoms with Crippen molar-refractivity contribution in [3.8, 4) is 0 Å². The first kappa shape index (κ1) is 12.6. The van der Waals surface area contributed by atoms with Crippen molar-refractivity contribution in [3.05, 3.63) is 28.2 Å². The summed E-state index contributed by atoms with van der Waals surface area (Å²) in [7, 11) is 0. The van der Waals surface area contributed by atoms with E-state index in [1.165, 1.54) is 0 Å². The molecule has 0 aromatic heterocycles. The van der Waals surface area contributed by atoms with Crippen LogP contribution in [0, 0.1) is 6.92 Å². The van der Waals surface area contributed by atoms with Gasteiger partial charge in [0.25, 0.3) is 5.91 Å². The molecule has 1 aliphatic heterocycles. The molecule has 1 aromatic rings. The molecule has 1 atom stereocenters. The number of aryl methyl sites for hydroxylation is 1. The summed E-state index contributed by atoms with van der Waals surface area (Å²) >= 11 is 3.43. The molecular weight excluding hydrogens is 282 g/mol. The summed E-state index contributed by atoms with van der Waals surface area (Å²) in [5, 5.41) is 2.91. The van der Waals surface area contributed by atoms with Gasteiger partial charge < -0.3 is 10.1 Å². The fraction of sp³-hybridized carbons (Fsp3) is 0.462. The fourth-order valence-electron chi connectivity index (χ4n) is 1.90. The number of hydrogen-bond acceptors (Lipinski definition) is 2. The van der Waals surface area contributed by atoms with Gasteiger partial charge in [0.2, 0.25) is 0 Å². The van der Waals surface area contributed by atoms with Crippen LogP contribution in [-0.4, -0.2) is 18.6 Å². The largest absolute Gasteiger partial charge is 0.368 e. The number of amides is 1. The van der Waals surface area contributed by atoms with E-state index in [2.05, 4.69) is 21.2 Å². The molecule has 1 heterocycles. The molecule has 3 nitrogen and oxygen atoms in total. The van der Waals surface area contributed by atoms with Gasteiger partial charge in [0, 0.05) is 11.1 Å². The molecule has 17 heavy (non-hydrogen) atoms. The van der Waals surface area contributed by atoms with Crippen LogP contribution in [0.4, 0.5) is 5.69 Å². The highest BCUT2D eigenvalue weighted by Crippen LogP contribution is 2.24. The molecule has 4 heteroatoms. The summed E-state index contributed by atoms with van der Waals surface area (Å²) in [6, 6.07) is 5.88. The highest BCUT2D eigenvalue weighted by Gasteiger charge is 2.22. The van der Waals surface area contributed by atoms with Crippen LogP contribution in [0.1, 0.15) is 24.8 Å². The third-order valence-electron chi connectivity index (χ3n) is 2.85. The number of carbonyl (C=O) groups excluding carboxylic acids is 1. The molecular formula is C13H16BrNO2. The van der Waals surface area contributed by atoms with Gasteiger partial charge >= 0.3 is 0 Å². The number of nitrogens with one attached hydrogen (secondary N) is 1. The van der Waals surface area contributed by atoms with E-state index < -0.39 is 0 Å². The number of rotatable bonds is 2. The van der Waals surface area contributed by atoms with Crippen LogP contribution < -0.4 is 5.32 Å². The molecule has 0 spiro atoms. The number of carbonyl (C=O) groups is 1. The first-order valence-corrected chi connectivity index (χ1v) is 6.65. The second-order valence-corrected chi connectivity index (χ2v) is 5.18. The van der Waals surface area contributed by atoms with Crippen LogP contribution >= 0.6 is 15.9 Å². The zero-order chi connectivity index (χ0) is 12.3. The fourth-order valence-corrected chi connectivity index (χ4v) is 2.24. The Bertz CT molecular complexity index is 414. The van der Waals surface area contributed by atoms with Crippen molar-refractivity contribution in [2.75, 3.05) is 11.9 Å². The minimum Gasteiger partial charge on any atom is -0.368 e. The quantitative estimate of drug-likeness (QED) is 0.910. The minimum atomic E-state index is -0.295. The minimum absolute atomic E-state index is 0.0454. The molecule has 1 aliphatic rings. The molecule has 2 rings (SSSR count). The van der Waals surface area contributed by atoms with E-state index in [0.717, 1.165) is 35.0 Å². The van der Waals surface area contributed by atoms with E-state index in [0.29, 0.717) is 6.61 Å². The Balaban J connectivity index is 2.04. The Morgan fingerprint density at radius 2 is 2.29 bits per heavy atom. The van der Waals surface area contributed by atoms with Crippen LogP contribution in [0.25, 0.3) is 0 Å². The molecule has 0 saturated carbocycles. The Morgan fingerprint density at radius 1 is 1.47 bits per heavy atom. The van der Waals surface area contributed by atoms with Crippen LogP contribution in [-0.2, 0) is 9.53 Å². The van der Waals surface area contributed by atoms with Crippen molar-refractivity contribution in [3.63, 3.8) is 0 Å². The number of hydrogen-bond donors (Lipinski definition) is 1. The van der Waals surface area contributed by atoms with E-state index in [1.54, 1.807) is 0 Å². The van der Waals surface area contributed by atoms with E-state index in [4.69, 9.17) is 4.74 Å². The van der Waals surface area contributed by atoms with Gasteiger partial charge in [0.15, 0.2) is 0 Å². The van der Waals surface area contributed by atoms with Gasteiger partial charge in [0.05, 0.1) is 5.69 Å². The Labute approximate surface area is 110 Å². The first-order valence-electron chi connectivity index (χ1n) is 5.85. The Hall–Kier alpha value is -0.870. The zero-order valence-electron chi connectivity index (χ0n) is 9.83. The second kappa shape index (κ2) is 5.65. The Kier molecular flexibility index (Phi) is 4.18. The zero-order valence-corrected chi connectivity index (χ0v) is 11.4. The summed E-state index contributed by atoms with van der Waals surface area (Å²) in [5.74, 6) is -0.0454. The second-order valence-electron chi connectivity index (χ2n) is 4.33. The summed E-state index contributed by atoms with van der Waals surface area (Å²) < 4.78 is 6.35. The van der Waals surface area contributed by atoms with Gasteiger partial charge in [-0.3, -0.25) is 4.79 Å². The maximum atomic E-state index is 12.0. The van der Waals surface area contributed by atoms with Crippen LogP contribution in [0.5, 0.6) is 0 Å². The lowest BCUT2D eigenvalue weighted by Crippen LogP contribution is -2.33. The van der Waals surface area contributed by atoms with E-state index >= 15 is 0 Å². The van der Waals surface area contributed by atoms with Gasteiger partial charge in [-0.1, -0.05) is 6.07 Å². The lowest BCUT2D eigenvalue weighted by molar-refractivity contribution is -0.129. The summed E-state index contributed by atoms with van der Waals surface area (Å²) in [5.41, 5.74) is 1.93. The van der Waals surface area contributed by atoms with Crippen molar-refractivity contribution < 1.29 is 9.53 Å². The maximum absolute atomic E-state index is 12.0. The summed E-state index contributed by atoms with van der Waals surface area (Å²) in [4.78, 5) is 12.0. The van der Waals surface area contributed by atoms with Gasteiger partial charge in [-0.25, -0.2) is 0 Å². The molecule has 0 aliphatic carbocycles. The molecule has 1 saturated heterocycles.